The van der Waals surface area contributed by atoms with Crippen LogP contribution in [0.3, 0.4) is 0 Å². The lowest BCUT2D eigenvalue weighted by atomic mass is 9.92. The molecule has 0 aliphatic heterocycles. The summed E-state index contributed by atoms with van der Waals surface area (Å²) in [7, 11) is -3.98. The third kappa shape index (κ3) is 8.00. The highest BCUT2D eigenvalue weighted by Crippen LogP contribution is 2.27. The Balaban J connectivity index is 1.90. The van der Waals surface area contributed by atoms with E-state index in [1.165, 1.54) is 35.5 Å². The Hall–Kier alpha value is -3.50. The van der Waals surface area contributed by atoms with Crippen molar-refractivity contribution in [3.63, 3.8) is 0 Å². The average molecular weight is 554 g/mol. The molecule has 2 N–H and O–H groups in total. The number of carbonyl (C=O) groups is 2. The zero-order valence-electron chi connectivity index (χ0n) is 23.8. The monoisotopic (exact) mass is 553 g/mol. The van der Waals surface area contributed by atoms with Crippen molar-refractivity contribution in [2.24, 2.45) is 5.92 Å². The van der Waals surface area contributed by atoms with E-state index in [1.54, 1.807) is 4.68 Å². The largest absolute Gasteiger partial charge is 0.326 e. The van der Waals surface area contributed by atoms with Gasteiger partial charge in [0, 0.05) is 30.6 Å². The van der Waals surface area contributed by atoms with E-state index in [9.17, 15) is 18.0 Å². The third-order valence-electron chi connectivity index (χ3n) is 6.08. The van der Waals surface area contributed by atoms with Crippen LogP contribution >= 0.6 is 0 Å². The standard InChI is InChI=1S/C29H39N5O4S/c1-20(2)15-16-33(39(37,38)25-13-11-23(12-14-25)30-22(4)35)19-28(36)31-27-18-26(29(5,6)7)32-34(27)24-10-8-9-21(3)17-24/h8-14,17-18,20H,15-16,19H2,1-7H3,(H,30,35)(H,31,36). The van der Waals surface area contributed by atoms with Crippen molar-refractivity contribution in [3.8, 4) is 5.69 Å². The second-order valence-corrected chi connectivity index (χ2v) is 13.1. The molecule has 0 aliphatic rings. The molecule has 10 heteroatoms. The van der Waals surface area contributed by atoms with Crippen LogP contribution in [0.15, 0.2) is 59.5 Å². The third-order valence-corrected chi connectivity index (χ3v) is 7.94. The van der Waals surface area contributed by atoms with Gasteiger partial charge in [0.15, 0.2) is 0 Å². The average Bonchev–Trinajstić information content (AvgIpc) is 3.26. The summed E-state index contributed by atoms with van der Waals surface area (Å²) in [5, 5.41) is 10.3. The molecule has 0 atom stereocenters. The number of hydrogen-bond acceptors (Lipinski definition) is 5. The van der Waals surface area contributed by atoms with Crippen LogP contribution in [0.25, 0.3) is 5.69 Å². The summed E-state index contributed by atoms with van der Waals surface area (Å²) >= 11 is 0. The Morgan fingerprint density at radius 3 is 2.26 bits per heavy atom. The van der Waals surface area contributed by atoms with E-state index in [2.05, 4.69) is 10.6 Å². The van der Waals surface area contributed by atoms with Crippen LogP contribution in [-0.2, 0) is 25.0 Å². The summed E-state index contributed by atoms with van der Waals surface area (Å²) in [6.07, 6.45) is 0.589. The molecule has 0 fully saturated rings. The fourth-order valence-corrected chi connectivity index (χ4v) is 5.30. The zero-order chi connectivity index (χ0) is 29.0. The summed E-state index contributed by atoms with van der Waals surface area (Å²) in [5.41, 5.74) is 2.87. The molecule has 210 valence electrons. The minimum atomic E-state index is -3.98. The van der Waals surface area contributed by atoms with E-state index < -0.39 is 15.9 Å². The first-order chi connectivity index (χ1) is 18.2. The molecule has 0 saturated carbocycles. The maximum absolute atomic E-state index is 13.6. The number of benzene rings is 2. The number of aromatic nitrogens is 2. The van der Waals surface area contributed by atoms with Crippen molar-refractivity contribution >= 4 is 33.3 Å². The highest BCUT2D eigenvalue weighted by Gasteiger charge is 2.28. The lowest BCUT2D eigenvalue weighted by Crippen LogP contribution is -2.39. The van der Waals surface area contributed by atoms with Crippen molar-refractivity contribution < 1.29 is 18.0 Å². The summed E-state index contributed by atoms with van der Waals surface area (Å²) in [6.45, 7) is 13.3. The van der Waals surface area contributed by atoms with E-state index in [0.29, 0.717) is 17.9 Å². The molecule has 1 aromatic heterocycles. The number of anilines is 2. The van der Waals surface area contributed by atoms with Gasteiger partial charge in [0.2, 0.25) is 21.8 Å². The molecule has 0 spiro atoms. The van der Waals surface area contributed by atoms with Crippen LogP contribution < -0.4 is 10.6 Å². The first-order valence-corrected chi connectivity index (χ1v) is 14.5. The second kappa shape index (κ2) is 12.1. The molecular weight excluding hydrogens is 514 g/mol. The van der Waals surface area contributed by atoms with Crippen LogP contribution in [0.5, 0.6) is 0 Å². The van der Waals surface area contributed by atoms with Gasteiger partial charge < -0.3 is 10.6 Å². The van der Waals surface area contributed by atoms with Gasteiger partial charge in [0.25, 0.3) is 0 Å². The number of hydrogen-bond donors (Lipinski definition) is 2. The Morgan fingerprint density at radius 2 is 1.69 bits per heavy atom. The Morgan fingerprint density at radius 1 is 1.03 bits per heavy atom. The van der Waals surface area contributed by atoms with Crippen molar-refractivity contribution in [3.05, 3.63) is 65.9 Å². The fraction of sp³-hybridized carbons (Fsp3) is 0.414. The number of sulfonamides is 1. The smallest absolute Gasteiger partial charge is 0.243 e. The topological polar surface area (TPSA) is 113 Å². The van der Waals surface area contributed by atoms with Gasteiger partial charge in [-0.25, -0.2) is 13.1 Å². The van der Waals surface area contributed by atoms with Gasteiger partial charge in [-0.1, -0.05) is 46.8 Å². The maximum Gasteiger partial charge on any atom is 0.243 e. The highest BCUT2D eigenvalue weighted by molar-refractivity contribution is 7.89. The molecule has 1 heterocycles. The number of nitrogens with one attached hydrogen (secondary N) is 2. The van der Waals surface area contributed by atoms with Gasteiger partial charge in [0.05, 0.1) is 22.8 Å². The van der Waals surface area contributed by atoms with E-state index in [-0.39, 0.29) is 35.2 Å². The van der Waals surface area contributed by atoms with Crippen LogP contribution in [0.1, 0.15) is 59.2 Å². The van der Waals surface area contributed by atoms with Gasteiger partial charge in [0.1, 0.15) is 5.82 Å². The number of carbonyl (C=O) groups excluding carboxylic acids is 2. The predicted molar refractivity (Wildman–Crippen MR) is 155 cm³/mol. The molecule has 9 nitrogen and oxygen atoms in total. The normalized spacial score (nSPS) is 12.1. The summed E-state index contributed by atoms with van der Waals surface area (Å²) in [6, 6.07) is 15.5. The summed E-state index contributed by atoms with van der Waals surface area (Å²) in [5.74, 6) is -0.00628. The molecule has 3 aromatic rings. The fourth-order valence-electron chi connectivity index (χ4n) is 3.88. The van der Waals surface area contributed by atoms with Gasteiger partial charge >= 0.3 is 0 Å². The number of nitrogens with zero attached hydrogens (tertiary/aromatic N) is 3. The Kier molecular flexibility index (Phi) is 9.34. The van der Waals surface area contributed by atoms with Crippen LogP contribution in [-0.4, -0.2) is 47.4 Å². The molecule has 3 rings (SSSR count). The molecule has 0 radical (unpaired) electrons. The maximum atomic E-state index is 13.6. The van der Waals surface area contributed by atoms with Gasteiger partial charge in [-0.2, -0.15) is 9.40 Å². The Bertz CT molecular complexity index is 1420. The van der Waals surface area contributed by atoms with Crippen molar-refractivity contribution in [1.82, 2.24) is 14.1 Å². The van der Waals surface area contributed by atoms with Crippen LogP contribution in [0.4, 0.5) is 11.5 Å². The summed E-state index contributed by atoms with van der Waals surface area (Å²) in [4.78, 5) is 24.7. The second-order valence-electron chi connectivity index (χ2n) is 11.2. The predicted octanol–water partition coefficient (Wildman–Crippen LogP) is 5.11. The molecule has 0 saturated heterocycles. The van der Waals surface area contributed by atoms with E-state index in [4.69, 9.17) is 5.10 Å². The zero-order valence-corrected chi connectivity index (χ0v) is 24.6. The Labute approximate surface area is 231 Å². The molecule has 2 aromatic carbocycles. The van der Waals surface area contributed by atoms with Crippen molar-refractivity contribution in [2.45, 2.75) is 65.2 Å². The molecular formula is C29H39N5O4S. The van der Waals surface area contributed by atoms with Gasteiger partial charge in [-0.15, -0.1) is 0 Å². The first kappa shape index (κ1) is 30.0. The number of aryl methyl sites for hydroxylation is 1. The lowest BCUT2D eigenvalue weighted by Gasteiger charge is -2.23. The molecule has 39 heavy (non-hydrogen) atoms. The van der Waals surface area contributed by atoms with Gasteiger partial charge in [-0.05, 0) is 61.2 Å². The quantitative estimate of drug-likeness (QED) is 0.362. The van der Waals surface area contributed by atoms with E-state index >= 15 is 0 Å². The number of rotatable bonds is 10. The molecule has 2 amide bonds. The van der Waals surface area contributed by atoms with E-state index in [1.807, 2.05) is 71.9 Å². The first-order valence-electron chi connectivity index (χ1n) is 13.0. The van der Waals surface area contributed by atoms with Crippen LogP contribution in [0.2, 0.25) is 0 Å². The number of amides is 2. The van der Waals surface area contributed by atoms with Crippen molar-refractivity contribution in [1.29, 1.82) is 0 Å². The highest BCUT2D eigenvalue weighted by atomic mass is 32.2. The molecule has 0 unspecified atom stereocenters. The molecule has 0 bridgehead atoms. The summed E-state index contributed by atoms with van der Waals surface area (Å²) < 4.78 is 30.0. The minimum Gasteiger partial charge on any atom is -0.326 e. The SMILES string of the molecule is CC(=O)Nc1ccc(S(=O)(=O)N(CCC(C)C)CC(=O)Nc2cc(C(C)(C)C)nn2-c2cccc(C)c2)cc1. The van der Waals surface area contributed by atoms with Gasteiger partial charge in [-0.3, -0.25) is 9.59 Å². The minimum absolute atomic E-state index is 0.0491. The van der Waals surface area contributed by atoms with Crippen molar-refractivity contribution in [2.75, 3.05) is 23.7 Å². The molecule has 0 aliphatic carbocycles. The van der Waals surface area contributed by atoms with E-state index in [0.717, 1.165) is 16.9 Å². The van der Waals surface area contributed by atoms with Crippen LogP contribution in [0, 0.1) is 12.8 Å². The lowest BCUT2D eigenvalue weighted by molar-refractivity contribution is -0.116.